The van der Waals surface area contributed by atoms with Gasteiger partial charge in [0.05, 0.1) is 23.2 Å². The van der Waals surface area contributed by atoms with Crippen LogP contribution in [0.15, 0.2) is 46.9 Å². The number of hydrogen-bond donors (Lipinski definition) is 0. The van der Waals surface area contributed by atoms with Gasteiger partial charge in [-0.2, -0.15) is 5.26 Å². The van der Waals surface area contributed by atoms with E-state index in [0.29, 0.717) is 5.57 Å². The topological polar surface area (TPSA) is 33.0 Å². The molecule has 0 aliphatic carbocycles. The fourth-order valence-corrected chi connectivity index (χ4v) is 2.41. The largest absolute Gasteiger partial charge is 0.496 e. The number of nitrogens with zero attached hydrogens (tertiary/aromatic N) is 1. The molecule has 2 nitrogen and oxygen atoms in total. The predicted octanol–water partition coefficient (Wildman–Crippen LogP) is 4.83. The van der Waals surface area contributed by atoms with E-state index in [1.807, 2.05) is 55.5 Å². The summed E-state index contributed by atoms with van der Waals surface area (Å²) >= 11 is 3.45. The lowest BCUT2D eigenvalue weighted by molar-refractivity contribution is 0.412. The Labute approximate surface area is 127 Å². The molecule has 0 aliphatic heterocycles. The molecule has 0 saturated carbocycles. The average molecular weight is 328 g/mol. The quantitative estimate of drug-likeness (QED) is 0.597. The molecule has 0 fully saturated rings. The highest BCUT2D eigenvalue weighted by Crippen LogP contribution is 2.27. The van der Waals surface area contributed by atoms with Gasteiger partial charge in [-0.1, -0.05) is 35.9 Å². The molecule has 2 aromatic carbocycles. The molecule has 2 aromatic rings. The molecule has 0 bridgehead atoms. The second kappa shape index (κ2) is 6.40. The van der Waals surface area contributed by atoms with Crippen LogP contribution < -0.4 is 4.74 Å². The van der Waals surface area contributed by atoms with Gasteiger partial charge in [0.2, 0.25) is 0 Å². The van der Waals surface area contributed by atoms with Crippen LogP contribution in [0.4, 0.5) is 0 Å². The number of ether oxygens (including phenoxy) is 1. The number of halogens is 1. The van der Waals surface area contributed by atoms with Crippen molar-refractivity contribution in [3.63, 3.8) is 0 Å². The summed E-state index contributed by atoms with van der Waals surface area (Å²) in [6.45, 7) is 2.03. The number of nitriles is 1. The lowest BCUT2D eigenvalue weighted by Crippen LogP contribution is -1.86. The van der Waals surface area contributed by atoms with Crippen LogP contribution in [-0.2, 0) is 0 Å². The molecule has 0 saturated heterocycles. The highest BCUT2D eigenvalue weighted by Gasteiger charge is 2.03. The first kappa shape index (κ1) is 14.4. The Morgan fingerprint density at radius 1 is 1.20 bits per heavy atom. The van der Waals surface area contributed by atoms with Crippen LogP contribution in [0.2, 0.25) is 0 Å². The number of methoxy groups -OCH3 is 1. The minimum atomic E-state index is 0.641. The lowest BCUT2D eigenvalue weighted by Gasteiger charge is -2.05. The molecule has 0 aromatic heterocycles. The SMILES string of the molecule is COc1ccc(/C=C(\C#N)c2ccc(C)cc2)cc1Br. The molecule has 100 valence electrons. The molecule has 0 atom stereocenters. The lowest BCUT2D eigenvalue weighted by atomic mass is 10.0. The molecule has 0 N–H and O–H groups in total. The second-order valence-corrected chi connectivity index (χ2v) is 5.28. The van der Waals surface area contributed by atoms with Crippen LogP contribution in [0.3, 0.4) is 0 Å². The Morgan fingerprint density at radius 3 is 2.45 bits per heavy atom. The summed E-state index contributed by atoms with van der Waals surface area (Å²) in [6.07, 6.45) is 1.87. The van der Waals surface area contributed by atoms with Crippen molar-refractivity contribution in [1.29, 1.82) is 5.26 Å². The Balaban J connectivity index is 2.39. The minimum Gasteiger partial charge on any atom is -0.496 e. The van der Waals surface area contributed by atoms with E-state index >= 15 is 0 Å². The monoisotopic (exact) mass is 327 g/mol. The summed E-state index contributed by atoms with van der Waals surface area (Å²) in [7, 11) is 1.63. The zero-order valence-electron chi connectivity index (χ0n) is 11.4. The van der Waals surface area contributed by atoms with Gasteiger partial charge in [0, 0.05) is 0 Å². The van der Waals surface area contributed by atoms with Crippen molar-refractivity contribution in [3.8, 4) is 11.8 Å². The summed E-state index contributed by atoms with van der Waals surface area (Å²) in [5.41, 5.74) is 3.69. The highest BCUT2D eigenvalue weighted by molar-refractivity contribution is 9.10. The highest BCUT2D eigenvalue weighted by atomic mass is 79.9. The van der Waals surface area contributed by atoms with Crippen LogP contribution >= 0.6 is 15.9 Å². The Morgan fingerprint density at radius 2 is 1.90 bits per heavy atom. The number of aryl methyl sites for hydroxylation is 1. The van der Waals surface area contributed by atoms with Crippen LogP contribution in [0.5, 0.6) is 5.75 Å². The molecular formula is C17H14BrNO. The minimum absolute atomic E-state index is 0.641. The molecule has 2 rings (SSSR count). The molecule has 0 aliphatic rings. The Hall–Kier alpha value is -2.05. The third-order valence-electron chi connectivity index (χ3n) is 2.97. The van der Waals surface area contributed by atoms with Crippen molar-refractivity contribution in [2.75, 3.05) is 7.11 Å². The van der Waals surface area contributed by atoms with E-state index in [-0.39, 0.29) is 0 Å². The summed E-state index contributed by atoms with van der Waals surface area (Å²) in [5.74, 6) is 0.774. The maximum atomic E-state index is 9.33. The van der Waals surface area contributed by atoms with Crippen LogP contribution in [-0.4, -0.2) is 7.11 Å². The maximum absolute atomic E-state index is 9.33. The van der Waals surface area contributed by atoms with Crippen molar-refractivity contribution in [2.45, 2.75) is 6.92 Å². The third kappa shape index (κ3) is 3.28. The van der Waals surface area contributed by atoms with Crippen molar-refractivity contribution in [3.05, 3.63) is 63.6 Å². The first-order valence-corrected chi connectivity index (χ1v) is 6.95. The van der Waals surface area contributed by atoms with Gasteiger partial charge in [0.25, 0.3) is 0 Å². The molecule has 0 unspecified atom stereocenters. The van der Waals surface area contributed by atoms with Gasteiger partial charge < -0.3 is 4.74 Å². The molecule has 3 heteroatoms. The number of benzene rings is 2. The van der Waals surface area contributed by atoms with Gasteiger partial charge in [0.1, 0.15) is 5.75 Å². The Bertz CT molecular complexity index is 681. The normalized spacial score (nSPS) is 11.0. The fraction of sp³-hybridized carbons (Fsp3) is 0.118. The molecule has 0 amide bonds. The van der Waals surface area contributed by atoms with E-state index in [1.165, 1.54) is 5.56 Å². The van der Waals surface area contributed by atoms with Crippen LogP contribution in [0.1, 0.15) is 16.7 Å². The standard InChI is InChI=1S/C17H14BrNO/c1-12-3-6-14(7-4-12)15(11-19)9-13-5-8-17(20-2)16(18)10-13/h3-10H,1-2H3/b15-9+. The van der Waals surface area contributed by atoms with E-state index in [2.05, 4.69) is 22.0 Å². The Kier molecular flexibility index (Phi) is 4.60. The van der Waals surface area contributed by atoms with Crippen molar-refractivity contribution < 1.29 is 4.74 Å². The van der Waals surface area contributed by atoms with Gasteiger partial charge in [-0.15, -0.1) is 0 Å². The predicted molar refractivity (Wildman–Crippen MR) is 85.4 cm³/mol. The number of hydrogen-bond acceptors (Lipinski definition) is 2. The van der Waals surface area contributed by atoms with E-state index in [9.17, 15) is 5.26 Å². The summed E-state index contributed by atoms with van der Waals surface area (Å²) in [4.78, 5) is 0. The zero-order chi connectivity index (χ0) is 14.5. The van der Waals surface area contributed by atoms with Gasteiger partial charge in [0.15, 0.2) is 0 Å². The summed E-state index contributed by atoms with van der Waals surface area (Å²) < 4.78 is 6.07. The van der Waals surface area contributed by atoms with Gasteiger partial charge in [-0.3, -0.25) is 0 Å². The molecular weight excluding hydrogens is 314 g/mol. The molecule has 0 heterocycles. The van der Waals surface area contributed by atoms with Crippen LogP contribution in [0, 0.1) is 18.3 Å². The second-order valence-electron chi connectivity index (χ2n) is 4.43. The summed E-state index contributed by atoms with van der Waals surface area (Å²) in [6, 6.07) is 15.9. The van der Waals surface area contributed by atoms with Crippen LogP contribution in [0.25, 0.3) is 11.6 Å². The summed E-state index contributed by atoms with van der Waals surface area (Å²) in [5, 5.41) is 9.33. The number of rotatable bonds is 3. The van der Waals surface area contributed by atoms with Gasteiger partial charge in [-0.05, 0) is 52.2 Å². The van der Waals surface area contributed by atoms with Gasteiger partial charge >= 0.3 is 0 Å². The first-order valence-electron chi connectivity index (χ1n) is 6.16. The smallest absolute Gasteiger partial charge is 0.133 e. The first-order chi connectivity index (χ1) is 9.63. The van der Waals surface area contributed by atoms with E-state index < -0.39 is 0 Å². The molecule has 0 spiro atoms. The maximum Gasteiger partial charge on any atom is 0.133 e. The zero-order valence-corrected chi connectivity index (χ0v) is 12.9. The third-order valence-corrected chi connectivity index (χ3v) is 3.59. The van der Waals surface area contributed by atoms with Crippen molar-refractivity contribution in [2.24, 2.45) is 0 Å². The number of allylic oxidation sites excluding steroid dienone is 1. The van der Waals surface area contributed by atoms with E-state index in [4.69, 9.17) is 4.74 Å². The van der Waals surface area contributed by atoms with Crippen molar-refractivity contribution in [1.82, 2.24) is 0 Å². The fourth-order valence-electron chi connectivity index (χ4n) is 1.85. The van der Waals surface area contributed by atoms with E-state index in [1.54, 1.807) is 7.11 Å². The van der Waals surface area contributed by atoms with Crippen molar-refractivity contribution >= 4 is 27.6 Å². The average Bonchev–Trinajstić information content (AvgIpc) is 2.46. The molecule has 20 heavy (non-hydrogen) atoms. The van der Waals surface area contributed by atoms with E-state index in [0.717, 1.165) is 21.3 Å². The van der Waals surface area contributed by atoms with Gasteiger partial charge in [-0.25, -0.2) is 0 Å². The molecule has 0 radical (unpaired) electrons.